The zero-order valence-electron chi connectivity index (χ0n) is 15.0. The normalized spacial score (nSPS) is 20.3. The van der Waals surface area contributed by atoms with Crippen molar-refractivity contribution in [1.29, 1.82) is 0 Å². The summed E-state index contributed by atoms with van der Waals surface area (Å²) in [4.78, 5) is 38.6. The van der Waals surface area contributed by atoms with E-state index in [9.17, 15) is 18.8 Å². The number of imide groups is 1. The Kier molecular flexibility index (Phi) is 4.98. The van der Waals surface area contributed by atoms with Crippen LogP contribution in [0, 0.1) is 5.82 Å². The molecule has 2 atom stereocenters. The van der Waals surface area contributed by atoms with Crippen LogP contribution in [0.25, 0.3) is 0 Å². The van der Waals surface area contributed by atoms with E-state index in [0.717, 1.165) is 16.5 Å². The Morgan fingerprint density at radius 2 is 1.90 bits per heavy atom. The molecule has 0 aliphatic carbocycles. The molecule has 0 aromatic heterocycles. The van der Waals surface area contributed by atoms with Crippen molar-refractivity contribution in [2.75, 3.05) is 11.4 Å². The molecule has 2 aromatic carbocycles. The van der Waals surface area contributed by atoms with Gasteiger partial charge in [0, 0.05) is 6.54 Å². The van der Waals surface area contributed by atoms with Crippen LogP contribution in [0.5, 0.6) is 0 Å². The highest BCUT2D eigenvalue weighted by Crippen LogP contribution is 2.33. The summed E-state index contributed by atoms with van der Waals surface area (Å²) in [5.41, 5.74) is 1.07. The van der Waals surface area contributed by atoms with Gasteiger partial charge in [0.25, 0.3) is 11.8 Å². The molecule has 0 radical (unpaired) electrons. The minimum absolute atomic E-state index is 0.143. The van der Waals surface area contributed by atoms with Gasteiger partial charge in [-0.05, 0) is 23.8 Å². The van der Waals surface area contributed by atoms with Crippen molar-refractivity contribution in [3.63, 3.8) is 0 Å². The maximum absolute atomic E-state index is 13.4. The fraction of sp³-hybridized carbons (Fsp3) is 0.211. The van der Waals surface area contributed by atoms with E-state index in [4.69, 9.17) is 11.6 Å². The Balaban J connectivity index is 1.45. The van der Waals surface area contributed by atoms with Crippen LogP contribution in [-0.2, 0) is 20.9 Å². The Morgan fingerprint density at radius 1 is 1.14 bits per heavy atom. The molecular weight excluding hydrogens is 401 g/mol. The van der Waals surface area contributed by atoms with Gasteiger partial charge in [-0.25, -0.2) is 9.29 Å². The van der Waals surface area contributed by atoms with E-state index in [0.29, 0.717) is 6.54 Å². The zero-order chi connectivity index (χ0) is 20.5. The van der Waals surface area contributed by atoms with E-state index >= 15 is 0 Å². The van der Waals surface area contributed by atoms with E-state index in [-0.39, 0.29) is 23.2 Å². The van der Waals surface area contributed by atoms with Crippen molar-refractivity contribution in [1.82, 2.24) is 10.3 Å². The number of anilines is 1. The number of amides is 3. The predicted octanol–water partition coefficient (Wildman–Crippen LogP) is 2.09. The maximum atomic E-state index is 13.4. The van der Waals surface area contributed by atoms with Crippen LogP contribution < -0.4 is 10.2 Å². The Hall–Kier alpha value is -3.33. The second-order valence-electron chi connectivity index (χ2n) is 6.56. The molecule has 29 heavy (non-hydrogen) atoms. The molecule has 0 unspecified atom stereocenters. The first-order valence-corrected chi connectivity index (χ1v) is 9.14. The predicted molar refractivity (Wildman–Crippen MR) is 101 cm³/mol. The molecule has 2 aliphatic rings. The first-order chi connectivity index (χ1) is 14.0. The third-order valence-corrected chi connectivity index (χ3v) is 4.95. The van der Waals surface area contributed by atoms with Crippen molar-refractivity contribution < 1.29 is 18.8 Å². The summed E-state index contributed by atoms with van der Waals surface area (Å²) in [5.74, 6) is -2.22. The summed E-state index contributed by atoms with van der Waals surface area (Å²) >= 11 is 5.76. The lowest BCUT2D eigenvalue weighted by Crippen LogP contribution is -2.44. The number of fused-ring (bicyclic) bond motifs is 1. The van der Waals surface area contributed by atoms with Crippen LogP contribution in [0.15, 0.2) is 58.9 Å². The second kappa shape index (κ2) is 7.59. The summed E-state index contributed by atoms with van der Waals surface area (Å²) < 4.78 is 13.4. The number of halogens is 2. The van der Waals surface area contributed by atoms with Gasteiger partial charge in [-0.15, -0.1) is 0 Å². The Labute approximate surface area is 169 Å². The third-order valence-electron chi connectivity index (χ3n) is 4.66. The van der Waals surface area contributed by atoms with E-state index in [1.807, 2.05) is 30.3 Å². The van der Waals surface area contributed by atoms with E-state index in [2.05, 4.69) is 15.7 Å². The Morgan fingerprint density at radius 3 is 2.62 bits per heavy atom. The topological polar surface area (TPSA) is 94.4 Å². The Bertz CT molecular complexity index is 1020. The van der Waals surface area contributed by atoms with Crippen molar-refractivity contribution in [3.05, 3.63) is 64.9 Å². The fourth-order valence-electron chi connectivity index (χ4n) is 3.23. The lowest BCUT2D eigenvalue weighted by atomic mass is 10.1. The SMILES string of the molecule is O=C(CN1N=N[C@H]2C(=O)N(c3ccc(F)c(Cl)c3)C(=O)[C@H]21)NCc1ccccc1. The van der Waals surface area contributed by atoms with E-state index in [1.165, 1.54) is 17.1 Å². The molecule has 2 heterocycles. The minimum Gasteiger partial charge on any atom is -0.350 e. The van der Waals surface area contributed by atoms with Crippen molar-refractivity contribution in [2.24, 2.45) is 10.3 Å². The monoisotopic (exact) mass is 415 g/mol. The molecule has 0 saturated carbocycles. The highest BCUT2D eigenvalue weighted by atomic mass is 35.5. The quantitative estimate of drug-likeness (QED) is 0.756. The van der Waals surface area contributed by atoms with Crippen molar-refractivity contribution in [2.45, 2.75) is 18.6 Å². The summed E-state index contributed by atoms with van der Waals surface area (Å²) in [7, 11) is 0. The van der Waals surface area contributed by atoms with Gasteiger partial charge in [0.1, 0.15) is 12.4 Å². The molecule has 10 heteroatoms. The van der Waals surface area contributed by atoms with Crippen molar-refractivity contribution in [3.8, 4) is 0 Å². The number of nitrogens with one attached hydrogen (secondary N) is 1. The average Bonchev–Trinajstić information content (AvgIpc) is 3.23. The van der Waals surface area contributed by atoms with E-state index < -0.39 is 29.7 Å². The molecule has 8 nitrogen and oxygen atoms in total. The smallest absolute Gasteiger partial charge is 0.263 e. The summed E-state index contributed by atoms with van der Waals surface area (Å²) in [5, 5.41) is 11.4. The summed E-state index contributed by atoms with van der Waals surface area (Å²) in [6.45, 7) is 0.0976. The highest BCUT2D eigenvalue weighted by molar-refractivity contribution is 6.32. The van der Waals surface area contributed by atoms with Crippen LogP contribution in [0.3, 0.4) is 0 Å². The number of hydrogen-bond donors (Lipinski definition) is 1. The largest absolute Gasteiger partial charge is 0.350 e. The zero-order valence-corrected chi connectivity index (χ0v) is 15.7. The van der Waals surface area contributed by atoms with Gasteiger partial charge in [-0.2, -0.15) is 5.11 Å². The molecule has 3 amide bonds. The molecule has 1 N–H and O–H groups in total. The van der Waals surface area contributed by atoms with Gasteiger partial charge in [0.05, 0.1) is 10.7 Å². The lowest BCUT2D eigenvalue weighted by molar-refractivity contribution is -0.125. The maximum Gasteiger partial charge on any atom is 0.263 e. The summed E-state index contributed by atoms with van der Waals surface area (Å²) in [6.07, 6.45) is 0. The van der Waals surface area contributed by atoms with Gasteiger partial charge in [0.15, 0.2) is 12.1 Å². The number of nitrogens with zero attached hydrogens (tertiary/aromatic N) is 4. The molecule has 1 fully saturated rings. The standard InChI is InChI=1S/C19H15ClFN5O3/c20-13-8-12(6-7-14(13)21)26-18(28)16-17(19(26)29)25(24-23-16)10-15(27)22-9-11-4-2-1-3-5-11/h1-8,16-17H,9-10H2,(H,22,27)/t16-,17+/m1/s1. The third kappa shape index (κ3) is 3.56. The van der Waals surface area contributed by atoms with Crippen LogP contribution >= 0.6 is 11.6 Å². The van der Waals surface area contributed by atoms with Crippen molar-refractivity contribution >= 4 is 35.0 Å². The molecule has 4 rings (SSSR count). The number of benzene rings is 2. The van der Waals surface area contributed by atoms with Gasteiger partial charge in [-0.3, -0.25) is 19.4 Å². The molecule has 148 valence electrons. The summed E-state index contributed by atoms with van der Waals surface area (Å²) in [6, 6.07) is 10.8. The molecule has 0 bridgehead atoms. The van der Waals surface area contributed by atoms with Gasteiger partial charge < -0.3 is 5.32 Å². The fourth-order valence-corrected chi connectivity index (χ4v) is 3.41. The van der Waals surface area contributed by atoms with E-state index in [1.54, 1.807) is 0 Å². The number of carbonyl (C=O) groups excluding carboxylic acids is 3. The first-order valence-electron chi connectivity index (χ1n) is 8.76. The van der Waals surface area contributed by atoms with Crippen LogP contribution in [0.4, 0.5) is 10.1 Å². The van der Waals surface area contributed by atoms with Gasteiger partial charge >= 0.3 is 0 Å². The lowest BCUT2D eigenvalue weighted by Gasteiger charge is -2.20. The van der Waals surface area contributed by atoms with Gasteiger partial charge in [-0.1, -0.05) is 47.2 Å². The average molecular weight is 416 g/mol. The van der Waals surface area contributed by atoms with Gasteiger partial charge in [0.2, 0.25) is 5.91 Å². The second-order valence-corrected chi connectivity index (χ2v) is 6.97. The molecule has 1 saturated heterocycles. The number of hydrogen-bond acceptors (Lipinski definition) is 6. The number of rotatable bonds is 5. The first kappa shape index (κ1) is 19.0. The number of carbonyl (C=O) groups is 3. The highest BCUT2D eigenvalue weighted by Gasteiger charge is 2.55. The van der Waals surface area contributed by atoms with Crippen LogP contribution in [0.2, 0.25) is 5.02 Å². The molecule has 2 aliphatic heterocycles. The van der Waals surface area contributed by atoms with Crippen LogP contribution in [0.1, 0.15) is 5.56 Å². The molecule has 2 aromatic rings. The molecular formula is C19H15ClFN5O3. The van der Waals surface area contributed by atoms with Crippen LogP contribution in [-0.4, -0.2) is 41.4 Å². The molecule has 0 spiro atoms. The minimum atomic E-state index is -1.05.